The van der Waals surface area contributed by atoms with E-state index >= 15 is 0 Å². The van der Waals surface area contributed by atoms with Gasteiger partial charge in [0.25, 0.3) is 0 Å². The predicted molar refractivity (Wildman–Crippen MR) is 122 cm³/mol. The zero-order valence-electron chi connectivity index (χ0n) is 16.9. The molecular weight excluding hydrogens is 444 g/mol. The molecule has 0 aromatic heterocycles. The molecule has 0 bridgehead atoms. The summed E-state index contributed by atoms with van der Waals surface area (Å²) in [6.45, 7) is 2.45. The number of amides is 1. The Balaban J connectivity index is 1.56. The first-order valence-electron chi connectivity index (χ1n) is 9.46. The van der Waals surface area contributed by atoms with Crippen molar-refractivity contribution in [3.63, 3.8) is 0 Å². The molecule has 30 heavy (non-hydrogen) atoms. The van der Waals surface area contributed by atoms with Crippen LogP contribution in [0, 0.1) is 6.92 Å². The van der Waals surface area contributed by atoms with E-state index in [4.69, 9.17) is 9.47 Å². The molecule has 0 aliphatic rings. The molecule has 5 nitrogen and oxygen atoms in total. The molecule has 0 spiro atoms. The molecular formula is C24H23BrN2O3. The first kappa shape index (κ1) is 21.6. The molecule has 0 aliphatic carbocycles. The predicted octanol–water partition coefficient (Wildman–Crippen LogP) is 5.04. The highest BCUT2D eigenvalue weighted by atomic mass is 79.9. The zero-order valence-corrected chi connectivity index (χ0v) is 18.5. The molecule has 0 radical (unpaired) electrons. The van der Waals surface area contributed by atoms with Crippen molar-refractivity contribution in [3.05, 3.63) is 93.5 Å². The van der Waals surface area contributed by atoms with Gasteiger partial charge in [-0.2, -0.15) is 5.10 Å². The van der Waals surface area contributed by atoms with E-state index in [1.54, 1.807) is 13.3 Å². The molecule has 6 heteroatoms. The number of nitrogens with one attached hydrogen (secondary N) is 1. The maximum absolute atomic E-state index is 12.0. The van der Waals surface area contributed by atoms with Gasteiger partial charge >= 0.3 is 0 Å². The lowest BCUT2D eigenvalue weighted by atomic mass is 10.1. The lowest BCUT2D eigenvalue weighted by Crippen LogP contribution is -2.19. The van der Waals surface area contributed by atoms with E-state index in [9.17, 15) is 4.79 Å². The van der Waals surface area contributed by atoms with E-state index in [1.807, 2.05) is 73.7 Å². The normalized spacial score (nSPS) is 10.8. The number of hydrazone groups is 1. The van der Waals surface area contributed by atoms with E-state index in [0.29, 0.717) is 18.1 Å². The number of halogens is 1. The fourth-order valence-corrected chi connectivity index (χ4v) is 3.00. The Hall–Kier alpha value is -3.12. The first-order valence-corrected chi connectivity index (χ1v) is 10.3. The summed E-state index contributed by atoms with van der Waals surface area (Å²) in [6, 6.07) is 21.3. The largest absolute Gasteiger partial charge is 0.493 e. The van der Waals surface area contributed by atoms with Crippen molar-refractivity contribution in [2.45, 2.75) is 20.0 Å². The number of carbonyl (C=O) groups excluding carboxylic acids is 1. The third-order valence-corrected chi connectivity index (χ3v) is 4.91. The monoisotopic (exact) mass is 466 g/mol. The van der Waals surface area contributed by atoms with Crippen molar-refractivity contribution in [2.75, 3.05) is 7.11 Å². The Morgan fingerprint density at radius 1 is 1.00 bits per heavy atom. The van der Waals surface area contributed by atoms with Crippen molar-refractivity contribution < 1.29 is 14.3 Å². The van der Waals surface area contributed by atoms with Crippen LogP contribution in [0.1, 0.15) is 22.3 Å². The van der Waals surface area contributed by atoms with Crippen LogP contribution in [0.5, 0.6) is 11.5 Å². The summed E-state index contributed by atoms with van der Waals surface area (Å²) in [5.41, 5.74) is 6.51. The molecule has 1 N–H and O–H groups in total. The number of methoxy groups -OCH3 is 1. The van der Waals surface area contributed by atoms with E-state index in [2.05, 4.69) is 26.5 Å². The number of aryl methyl sites for hydroxylation is 1. The molecule has 0 heterocycles. The number of rotatable bonds is 8. The van der Waals surface area contributed by atoms with Gasteiger partial charge < -0.3 is 9.47 Å². The topological polar surface area (TPSA) is 59.9 Å². The molecule has 3 rings (SSSR count). The van der Waals surface area contributed by atoms with Crippen molar-refractivity contribution in [2.24, 2.45) is 5.10 Å². The van der Waals surface area contributed by atoms with E-state index in [0.717, 1.165) is 26.7 Å². The second-order valence-corrected chi connectivity index (χ2v) is 7.70. The molecule has 0 aliphatic heterocycles. The number of hydrogen-bond donors (Lipinski definition) is 1. The molecule has 0 saturated carbocycles. The summed E-state index contributed by atoms with van der Waals surface area (Å²) >= 11 is 3.42. The van der Waals surface area contributed by atoms with E-state index in [1.165, 1.54) is 0 Å². The summed E-state index contributed by atoms with van der Waals surface area (Å²) in [5.74, 6) is 1.07. The van der Waals surface area contributed by atoms with Gasteiger partial charge in [-0.25, -0.2) is 5.43 Å². The van der Waals surface area contributed by atoms with E-state index < -0.39 is 0 Å². The van der Waals surface area contributed by atoms with Crippen LogP contribution in [0.25, 0.3) is 0 Å². The quantitative estimate of drug-likeness (QED) is 0.373. The van der Waals surface area contributed by atoms with Gasteiger partial charge in [0, 0.05) is 4.47 Å². The third kappa shape index (κ3) is 6.46. The Kier molecular flexibility index (Phi) is 7.63. The van der Waals surface area contributed by atoms with Gasteiger partial charge in [-0.1, -0.05) is 57.9 Å². The number of hydrogen-bond acceptors (Lipinski definition) is 4. The second kappa shape index (κ2) is 10.6. The van der Waals surface area contributed by atoms with Crippen molar-refractivity contribution in [1.29, 1.82) is 0 Å². The van der Waals surface area contributed by atoms with Crippen molar-refractivity contribution >= 4 is 28.1 Å². The highest BCUT2D eigenvalue weighted by molar-refractivity contribution is 9.10. The van der Waals surface area contributed by atoms with Crippen LogP contribution in [0.3, 0.4) is 0 Å². The third-order valence-electron chi connectivity index (χ3n) is 4.38. The summed E-state index contributed by atoms with van der Waals surface area (Å²) in [4.78, 5) is 12.0. The van der Waals surface area contributed by atoms with Gasteiger partial charge in [0.15, 0.2) is 11.5 Å². The van der Waals surface area contributed by atoms with Crippen LogP contribution in [-0.2, 0) is 17.8 Å². The Labute approximate surface area is 184 Å². The Morgan fingerprint density at radius 3 is 2.40 bits per heavy atom. The minimum atomic E-state index is -0.170. The highest BCUT2D eigenvalue weighted by Crippen LogP contribution is 2.28. The van der Waals surface area contributed by atoms with E-state index in [-0.39, 0.29) is 12.3 Å². The molecule has 0 unspecified atom stereocenters. The second-order valence-electron chi connectivity index (χ2n) is 6.78. The average molecular weight is 467 g/mol. The summed E-state index contributed by atoms with van der Waals surface area (Å²) < 4.78 is 12.3. The Morgan fingerprint density at radius 2 is 1.70 bits per heavy atom. The minimum absolute atomic E-state index is 0.170. The highest BCUT2D eigenvalue weighted by Gasteiger charge is 2.06. The summed E-state index contributed by atoms with van der Waals surface area (Å²) in [6.07, 6.45) is 1.86. The first-order chi connectivity index (χ1) is 14.5. The molecule has 154 valence electrons. The van der Waals surface area contributed by atoms with Gasteiger partial charge in [-0.05, 0) is 53.9 Å². The lowest BCUT2D eigenvalue weighted by Gasteiger charge is -2.11. The average Bonchev–Trinajstić information content (AvgIpc) is 2.75. The fraction of sp³-hybridized carbons (Fsp3) is 0.167. The summed E-state index contributed by atoms with van der Waals surface area (Å²) in [7, 11) is 1.59. The number of benzene rings is 3. The number of carbonyl (C=O) groups is 1. The van der Waals surface area contributed by atoms with Crippen LogP contribution < -0.4 is 14.9 Å². The summed E-state index contributed by atoms with van der Waals surface area (Å²) in [5, 5.41) is 4.04. The minimum Gasteiger partial charge on any atom is -0.493 e. The molecule has 3 aromatic carbocycles. The Bertz CT molecular complexity index is 1020. The molecule has 0 saturated heterocycles. The van der Waals surface area contributed by atoms with Crippen LogP contribution in [0.4, 0.5) is 0 Å². The zero-order chi connectivity index (χ0) is 21.3. The standard InChI is InChI=1S/C24H23BrN2O3/c1-17-3-5-18(6-4-17)14-24(28)27-26-15-20-9-12-22(23(13-20)29-2)30-16-19-7-10-21(25)11-8-19/h3-13,15H,14,16H2,1-2H3,(H,27,28)/b26-15+. The fourth-order valence-electron chi connectivity index (χ4n) is 2.74. The van der Waals surface area contributed by atoms with Crippen LogP contribution >= 0.6 is 15.9 Å². The van der Waals surface area contributed by atoms with Gasteiger partial charge in [-0.15, -0.1) is 0 Å². The molecule has 3 aromatic rings. The number of ether oxygens (including phenoxy) is 2. The van der Waals surface area contributed by atoms with Gasteiger partial charge in [0.2, 0.25) is 5.91 Å². The maximum Gasteiger partial charge on any atom is 0.244 e. The van der Waals surface area contributed by atoms with Gasteiger partial charge in [0.05, 0.1) is 19.7 Å². The smallest absolute Gasteiger partial charge is 0.244 e. The molecule has 0 atom stereocenters. The maximum atomic E-state index is 12.0. The SMILES string of the molecule is COc1cc(/C=N/NC(=O)Cc2ccc(C)cc2)ccc1OCc1ccc(Br)cc1. The van der Waals surface area contributed by atoms with Crippen molar-refractivity contribution in [3.8, 4) is 11.5 Å². The van der Waals surface area contributed by atoms with Gasteiger partial charge in [0.1, 0.15) is 6.61 Å². The molecule has 0 fully saturated rings. The van der Waals surface area contributed by atoms with Gasteiger partial charge in [-0.3, -0.25) is 4.79 Å². The van der Waals surface area contributed by atoms with Crippen LogP contribution in [0.2, 0.25) is 0 Å². The van der Waals surface area contributed by atoms with Crippen molar-refractivity contribution in [1.82, 2.24) is 5.43 Å². The van der Waals surface area contributed by atoms with Crippen LogP contribution in [-0.4, -0.2) is 19.2 Å². The molecule has 1 amide bonds. The van der Waals surface area contributed by atoms with Crippen LogP contribution in [0.15, 0.2) is 76.3 Å². The number of nitrogens with zero attached hydrogens (tertiary/aromatic N) is 1. The lowest BCUT2D eigenvalue weighted by molar-refractivity contribution is -0.120.